The van der Waals surface area contributed by atoms with Crippen LogP contribution in [0.5, 0.6) is 0 Å². The molecule has 2 rings (SSSR count). The summed E-state index contributed by atoms with van der Waals surface area (Å²) in [5, 5.41) is 19.7. The van der Waals surface area contributed by atoms with E-state index in [-0.39, 0.29) is 25.7 Å². The number of amides is 4. The number of benzene rings is 1. The van der Waals surface area contributed by atoms with Crippen molar-refractivity contribution in [3.8, 4) is 0 Å². The van der Waals surface area contributed by atoms with Crippen LogP contribution in [0.25, 0.3) is 0 Å². The number of carbonyl (C=O) groups is 5. The minimum atomic E-state index is -1.36. The number of rotatable bonds is 24. The Morgan fingerprint density at radius 2 is 1.35 bits per heavy atom. The number of carbonyl (C=O) groups excluding carboxylic acids is 5. The minimum Gasteiger partial charge on any atom is -0.481 e. The van der Waals surface area contributed by atoms with Gasteiger partial charge in [0.15, 0.2) is 0 Å². The van der Waals surface area contributed by atoms with Crippen molar-refractivity contribution in [2.45, 2.75) is 94.4 Å². The van der Waals surface area contributed by atoms with Crippen LogP contribution in [0.15, 0.2) is 42.9 Å². The van der Waals surface area contributed by atoms with Gasteiger partial charge in [-0.2, -0.15) is 0 Å². The summed E-state index contributed by atoms with van der Waals surface area (Å²) >= 11 is 0. The number of hydrogen-bond donors (Lipinski definition) is 9. The predicted octanol–water partition coefficient (Wildman–Crippen LogP) is -1.31. The number of H-pyrrole nitrogens is 1. The van der Waals surface area contributed by atoms with Crippen LogP contribution in [0.3, 0.4) is 0 Å². The van der Waals surface area contributed by atoms with Gasteiger partial charge < -0.3 is 48.6 Å². The summed E-state index contributed by atoms with van der Waals surface area (Å²) in [6, 6.07) is 3.29. The molecular formula is C32H48N9O7. The van der Waals surface area contributed by atoms with Crippen LogP contribution in [0, 0.1) is 0 Å². The van der Waals surface area contributed by atoms with Crippen molar-refractivity contribution in [1.82, 2.24) is 31.2 Å². The van der Waals surface area contributed by atoms with Gasteiger partial charge in [-0.15, -0.1) is 0 Å². The number of aromatic nitrogens is 2. The molecule has 0 aliphatic heterocycles. The summed E-state index contributed by atoms with van der Waals surface area (Å²) in [7, 11) is 0. The summed E-state index contributed by atoms with van der Waals surface area (Å²) < 4.78 is 0. The summed E-state index contributed by atoms with van der Waals surface area (Å²) in [5.74, 6) is -4.04. The zero-order chi connectivity index (χ0) is 35.3. The Hall–Kier alpha value is -4.67. The molecule has 263 valence electrons. The summed E-state index contributed by atoms with van der Waals surface area (Å²) in [5.41, 5.74) is 18.3. The van der Waals surface area contributed by atoms with E-state index in [9.17, 15) is 33.9 Å². The normalized spacial score (nSPS) is 14.1. The third kappa shape index (κ3) is 14.8. The highest BCUT2D eigenvalue weighted by Gasteiger charge is 2.32. The molecule has 1 radical (unpaired) electrons. The van der Waals surface area contributed by atoms with E-state index >= 15 is 0 Å². The molecule has 1 aromatic carbocycles. The molecule has 16 nitrogen and oxygen atoms in total. The molecule has 0 unspecified atom stereocenters. The number of carboxylic acids is 1. The lowest BCUT2D eigenvalue weighted by Crippen LogP contribution is -2.59. The molecule has 0 spiro atoms. The Kier molecular flexibility index (Phi) is 18.1. The molecule has 48 heavy (non-hydrogen) atoms. The number of aromatic amines is 1. The fourth-order valence-electron chi connectivity index (χ4n) is 4.81. The van der Waals surface area contributed by atoms with Crippen molar-refractivity contribution in [3.63, 3.8) is 0 Å². The van der Waals surface area contributed by atoms with E-state index in [1.807, 2.05) is 0 Å². The topological polar surface area (TPSA) is 278 Å². The third-order valence-corrected chi connectivity index (χ3v) is 7.51. The van der Waals surface area contributed by atoms with E-state index in [0.717, 1.165) is 5.56 Å². The van der Waals surface area contributed by atoms with Crippen LogP contribution < -0.4 is 38.5 Å². The Bertz CT molecular complexity index is 1290. The number of hydrogen-bond acceptors (Lipinski definition) is 10. The number of imidazole rings is 1. The summed E-state index contributed by atoms with van der Waals surface area (Å²) in [4.78, 5) is 83.3. The molecule has 1 heterocycles. The first-order chi connectivity index (χ1) is 23.1. The molecule has 0 fully saturated rings. The molecule has 0 saturated carbocycles. The first kappa shape index (κ1) is 39.5. The van der Waals surface area contributed by atoms with E-state index in [1.54, 1.807) is 36.6 Å². The molecule has 0 saturated heterocycles. The Morgan fingerprint density at radius 3 is 1.94 bits per heavy atom. The molecule has 1 aromatic heterocycles. The van der Waals surface area contributed by atoms with Gasteiger partial charge in [0, 0.05) is 25.5 Å². The van der Waals surface area contributed by atoms with E-state index in [2.05, 4.69) is 31.2 Å². The monoisotopic (exact) mass is 670 g/mol. The maximum absolute atomic E-state index is 13.8. The number of aliphatic carboxylic acids is 1. The number of unbranched alkanes of at least 4 members (excludes halogenated alkanes) is 2. The number of nitrogens with zero attached hydrogens (tertiary/aromatic N) is 1. The van der Waals surface area contributed by atoms with Gasteiger partial charge in [0.1, 0.15) is 18.1 Å². The van der Waals surface area contributed by atoms with E-state index < -0.39 is 66.2 Å². The van der Waals surface area contributed by atoms with Gasteiger partial charge in [-0.25, -0.2) is 4.98 Å². The summed E-state index contributed by atoms with van der Waals surface area (Å²) in [6.07, 6.45) is 6.98. The maximum atomic E-state index is 13.8. The summed E-state index contributed by atoms with van der Waals surface area (Å²) in [6.45, 7) is 0.855. The van der Waals surface area contributed by atoms with Crippen LogP contribution >= 0.6 is 0 Å². The van der Waals surface area contributed by atoms with Gasteiger partial charge >= 0.3 is 5.97 Å². The zero-order valence-electron chi connectivity index (χ0n) is 27.0. The molecule has 0 aliphatic carbocycles. The lowest BCUT2D eigenvalue weighted by Gasteiger charge is -2.26. The largest absolute Gasteiger partial charge is 0.481 e. The second kappa shape index (κ2) is 22.0. The average Bonchev–Trinajstić information content (AvgIpc) is 3.59. The van der Waals surface area contributed by atoms with Crippen LogP contribution in [0.2, 0.25) is 0 Å². The second-order valence-corrected chi connectivity index (χ2v) is 11.4. The van der Waals surface area contributed by atoms with Crippen molar-refractivity contribution in [3.05, 3.63) is 54.1 Å². The molecule has 2 aromatic rings. The van der Waals surface area contributed by atoms with Gasteiger partial charge in [0.25, 0.3) is 0 Å². The number of carboxylic acid groups (broad SMARTS) is 1. The van der Waals surface area contributed by atoms with E-state index in [4.69, 9.17) is 17.2 Å². The molecular weight excluding hydrogens is 622 g/mol. The Balaban J connectivity index is 2.29. The van der Waals surface area contributed by atoms with Crippen molar-refractivity contribution in [2.24, 2.45) is 17.2 Å². The Morgan fingerprint density at radius 1 is 0.771 bits per heavy atom. The lowest BCUT2D eigenvalue weighted by molar-refractivity contribution is -0.138. The van der Waals surface area contributed by atoms with Crippen molar-refractivity contribution >= 4 is 35.9 Å². The fourth-order valence-corrected chi connectivity index (χ4v) is 4.81. The highest BCUT2D eigenvalue weighted by Crippen LogP contribution is 2.09. The van der Waals surface area contributed by atoms with E-state index in [1.165, 1.54) is 12.5 Å². The first-order valence-electron chi connectivity index (χ1n) is 16.1. The van der Waals surface area contributed by atoms with Crippen LogP contribution in [-0.2, 0) is 41.6 Å². The molecule has 0 bridgehead atoms. The lowest BCUT2D eigenvalue weighted by atomic mass is 10.0. The minimum absolute atomic E-state index is 0.0854. The van der Waals surface area contributed by atoms with E-state index in [0.29, 0.717) is 50.9 Å². The molecule has 4 amide bonds. The van der Waals surface area contributed by atoms with Gasteiger partial charge in [-0.3, -0.25) is 28.8 Å². The Labute approximate surface area is 279 Å². The van der Waals surface area contributed by atoms with Crippen molar-refractivity contribution in [2.75, 3.05) is 13.1 Å². The molecule has 0 aliphatic rings. The SMILES string of the molecule is NCCCC[C@@H]([C]=O)NC(=O)[C@H](CCC(=O)O)NC(=O)[C@H](Cc1c[nH]cn1)NC(=O)[C@H](Cc1ccccc1)NC(=O)[C@@H](N)CCCCN. The van der Waals surface area contributed by atoms with Gasteiger partial charge in [-0.1, -0.05) is 36.8 Å². The zero-order valence-corrected chi connectivity index (χ0v) is 27.0. The predicted molar refractivity (Wildman–Crippen MR) is 177 cm³/mol. The van der Waals surface area contributed by atoms with Crippen molar-refractivity contribution < 1.29 is 33.9 Å². The van der Waals surface area contributed by atoms with Crippen LogP contribution in [-0.4, -0.2) is 94.3 Å². The fraction of sp³-hybridized carbons (Fsp3) is 0.531. The average molecular weight is 671 g/mol. The number of nitrogens with two attached hydrogens (primary N) is 3. The van der Waals surface area contributed by atoms with Gasteiger partial charge in [-0.05, 0) is 57.2 Å². The van der Waals surface area contributed by atoms with Crippen LogP contribution in [0.1, 0.15) is 62.6 Å². The molecule has 5 atom stereocenters. The third-order valence-electron chi connectivity index (χ3n) is 7.51. The smallest absolute Gasteiger partial charge is 0.303 e. The van der Waals surface area contributed by atoms with Gasteiger partial charge in [0.2, 0.25) is 29.9 Å². The number of nitrogens with one attached hydrogen (secondary N) is 5. The van der Waals surface area contributed by atoms with Crippen LogP contribution in [0.4, 0.5) is 0 Å². The standard InChI is InChI=1S/C32H48N9O7/c33-14-6-4-10-22(19-42)38-30(46)25(12-13-28(43)44)39-32(48)27(17-23-18-36-20-37-23)41-31(47)26(16-21-8-2-1-3-9-21)40-29(45)24(35)11-5-7-15-34/h1-3,8-9,18,20,22,24-27H,4-7,10-17,33-35H2,(H,36,37)(H,38,46)(H,39,48)(H,40,45)(H,41,47)(H,43,44)/t22-,24-,25-,26-,27-/m0/s1. The van der Waals surface area contributed by atoms with Gasteiger partial charge in [0.05, 0.1) is 24.1 Å². The molecule has 12 N–H and O–H groups in total. The highest BCUT2D eigenvalue weighted by atomic mass is 16.4. The van der Waals surface area contributed by atoms with Crippen molar-refractivity contribution in [1.29, 1.82) is 0 Å². The highest BCUT2D eigenvalue weighted by molar-refractivity contribution is 5.95. The first-order valence-corrected chi connectivity index (χ1v) is 16.1. The quantitative estimate of drug-likeness (QED) is 0.0592. The maximum Gasteiger partial charge on any atom is 0.303 e. The second-order valence-electron chi connectivity index (χ2n) is 11.4. The molecule has 16 heteroatoms.